The first kappa shape index (κ1) is 13.5. The quantitative estimate of drug-likeness (QED) is 0.857. The number of sulfone groups is 1. The van der Waals surface area contributed by atoms with E-state index in [1.165, 1.54) is 0 Å². The normalized spacial score (nSPS) is 19.7. The van der Waals surface area contributed by atoms with Crippen LogP contribution < -0.4 is 5.32 Å². The molecule has 18 heavy (non-hydrogen) atoms. The minimum atomic E-state index is -2.83. The lowest BCUT2D eigenvalue weighted by molar-refractivity contribution is 0.559. The van der Waals surface area contributed by atoms with Gasteiger partial charge in [0.2, 0.25) is 0 Å². The highest BCUT2D eigenvalue weighted by atomic mass is 35.5. The molecule has 0 atom stereocenters. The minimum absolute atomic E-state index is 0.143. The summed E-state index contributed by atoms with van der Waals surface area (Å²) >= 11 is 5.90. The van der Waals surface area contributed by atoms with Gasteiger partial charge in [0.05, 0.1) is 11.5 Å². The molecule has 0 radical (unpaired) electrons. The summed E-state index contributed by atoms with van der Waals surface area (Å²) in [5, 5.41) is 3.64. The second-order valence-corrected chi connectivity index (χ2v) is 7.11. The Labute approximate surface area is 112 Å². The second-order valence-electron chi connectivity index (χ2n) is 4.42. The van der Waals surface area contributed by atoms with Gasteiger partial charge in [-0.2, -0.15) is 0 Å². The summed E-state index contributed by atoms with van der Waals surface area (Å²) < 4.78 is 22.7. The molecule has 1 aliphatic heterocycles. The zero-order chi connectivity index (χ0) is 13.2. The van der Waals surface area contributed by atoms with Gasteiger partial charge >= 0.3 is 0 Å². The molecule has 0 spiro atoms. The number of aryl methyl sites for hydroxylation is 1. The zero-order valence-corrected chi connectivity index (χ0v) is 11.8. The molecule has 1 N–H and O–H groups in total. The van der Waals surface area contributed by atoms with Crippen LogP contribution in [0.4, 0.5) is 5.82 Å². The molecule has 1 aromatic rings. The first-order valence-corrected chi connectivity index (χ1v) is 8.19. The van der Waals surface area contributed by atoms with E-state index in [2.05, 4.69) is 15.3 Å². The molecular formula is C11H16ClN3O2S. The molecule has 0 saturated carbocycles. The van der Waals surface area contributed by atoms with Gasteiger partial charge in [-0.15, -0.1) is 0 Å². The summed E-state index contributed by atoms with van der Waals surface area (Å²) in [7, 11) is -2.83. The topological polar surface area (TPSA) is 72.0 Å². The van der Waals surface area contributed by atoms with Crippen LogP contribution in [0.5, 0.6) is 0 Å². The van der Waals surface area contributed by atoms with Gasteiger partial charge in [-0.25, -0.2) is 18.4 Å². The summed E-state index contributed by atoms with van der Waals surface area (Å²) in [5.74, 6) is 1.85. The molecule has 7 heteroatoms. The Hall–Kier alpha value is -0.880. The van der Waals surface area contributed by atoms with E-state index in [-0.39, 0.29) is 17.5 Å². The van der Waals surface area contributed by atoms with Gasteiger partial charge in [-0.1, -0.05) is 18.5 Å². The van der Waals surface area contributed by atoms with Crippen molar-refractivity contribution in [2.45, 2.75) is 32.2 Å². The van der Waals surface area contributed by atoms with Gasteiger partial charge < -0.3 is 5.32 Å². The first-order valence-electron chi connectivity index (χ1n) is 5.99. The molecule has 2 heterocycles. The van der Waals surface area contributed by atoms with Crippen molar-refractivity contribution in [1.82, 2.24) is 9.97 Å². The summed E-state index contributed by atoms with van der Waals surface area (Å²) in [5.41, 5.74) is 0. The largest absolute Gasteiger partial charge is 0.367 e. The predicted octanol–water partition coefficient (Wildman–Crippen LogP) is 1.68. The molecule has 0 aliphatic carbocycles. The minimum Gasteiger partial charge on any atom is -0.367 e. The van der Waals surface area contributed by atoms with Gasteiger partial charge in [0.25, 0.3) is 0 Å². The Morgan fingerprint density at radius 3 is 2.67 bits per heavy atom. The number of halogens is 1. The molecule has 5 nitrogen and oxygen atoms in total. The zero-order valence-electron chi connectivity index (χ0n) is 10.2. The van der Waals surface area contributed by atoms with E-state index < -0.39 is 9.84 Å². The molecule has 0 aromatic carbocycles. The Morgan fingerprint density at radius 2 is 2.06 bits per heavy atom. The van der Waals surface area contributed by atoms with Crippen molar-refractivity contribution in [2.75, 3.05) is 16.8 Å². The molecule has 1 aromatic heterocycles. The van der Waals surface area contributed by atoms with Crippen LogP contribution in [0.25, 0.3) is 0 Å². The van der Waals surface area contributed by atoms with Crippen LogP contribution in [-0.2, 0) is 16.3 Å². The standard InChI is InChI=1S/C11H16ClN3O2S/c1-2-10-14-9(12)7-11(15-10)13-8-3-5-18(16,17)6-4-8/h7-8H,2-6H2,1H3,(H,13,14,15). The van der Waals surface area contributed by atoms with Gasteiger partial charge in [-0.05, 0) is 12.8 Å². The van der Waals surface area contributed by atoms with Crippen molar-refractivity contribution < 1.29 is 8.42 Å². The van der Waals surface area contributed by atoms with Crippen LogP contribution in [-0.4, -0.2) is 35.9 Å². The number of nitrogens with zero attached hydrogens (tertiary/aromatic N) is 2. The van der Waals surface area contributed by atoms with E-state index in [0.717, 1.165) is 0 Å². The number of aromatic nitrogens is 2. The summed E-state index contributed by atoms with van der Waals surface area (Å²) in [6.45, 7) is 1.96. The highest BCUT2D eigenvalue weighted by Gasteiger charge is 2.23. The molecule has 1 fully saturated rings. The van der Waals surface area contributed by atoms with Crippen LogP contribution in [0, 0.1) is 0 Å². The third kappa shape index (κ3) is 3.55. The molecule has 0 unspecified atom stereocenters. The fraction of sp³-hybridized carbons (Fsp3) is 0.636. The highest BCUT2D eigenvalue weighted by Crippen LogP contribution is 2.18. The van der Waals surface area contributed by atoms with Crippen molar-refractivity contribution in [2.24, 2.45) is 0 Å². The maximum absolute atomic E-state index is 11.3. The third-order valence-electron chi connectivity index (χ3n) is 2.96. The average molecular weight is 290 g/mol. The lowest BCUT2D eigenvalue weighted by atomic mass is 10.1. The summed E-state index contributed by atoms with van der Waals surface area (Å²) in [6.07, 6.45) is 1.95. The first-order chi connectivity index (χ1) is 8.48. The molecule has 1 aliphatic rings. The fourth-order valence-electron chi connectivity index (χ4n) is 1.94. The van der Waals surface area contributed by atoms with Crippen molar-refractivity contribution in [3.63, 3.8) is 0 Å². The van der Waals surface area contributed by atoms with E-state index in [1.807, 2.05) is 6.92 Å². The van der Waals surface area contributed by atoms with Crippen molar-refractivity contribution in [1.29, 1.82) is 0 Å². The lowest BCUT2D eigenvalue weighted by Gasteiger charge is -2.23. The third-order valence-corrected chi connectivity index (χ3v) is 4.87. The molecule has 100 valence electrons. The summed E-state index contributed by atoms with van der Waals surface area (Å²) in [6, 6.07) is 1.81. The smallest absolute Gasteiger partial charge is 0.150 e. The van der Waals surface area contributed by atoms with Crippen molar-refractivity contribution in [3.05, 3.63) is 17.0 Å². The SMILES string of the molecule is CCc1nc(Cl)cc(NC2CCS(=O)(=O)CC2)n1. The van der Waals surface area contributed by atoms with E-state index in [1.54, 1.807) is 6.07 Å². The van der Waals surface area contributed by atoms with E-state index in [4.69, 9.17) is 11.6 Å². The number of rotatable bonds is 3. The van der Waals surface area contributed by atoms with Crippen molar-refractivity contribution >= 4 is 27.3 Å². The Kier molecular flexibility index (Phi) is 4.07. The van der Waals surface area contributed by atoms with Gasteiger partial charge in [0.1, 0.15) is 26.6 Å². The summed E-state index contributed by atoms with van der Waals surface area (Å²) in [4.78, 5) is 8.41. The molecular weight excluding hydrogens is 274 g/mol. The van der Waals surface area contributed by atoms with Crippen LogP contribution in [0.2, 0.25) is 5.15 Å². The molecule has 0 bridgehead atoms. The van der Waals surface area contributed by atoms with Gasteiger partial charge in [0.15, 0.2) is 0 Å². The van der Waals surface area contributed by atoms with Crippen molar-refractivity contribution in [3.8, 4) is 0 Å². The molecule has 0 amide bonds. The monoisotopic (exact) mass is 289 g/mol. The Balaban J connectivity index is 2.04. The molecule has 2 rings (SSSR count). The van der Waals surface area contributed by atoms with Gasteiger partial charge in [0, 0.05) is 18.5 Å². The maximum Gasteiger partial charge on any atom is 0.150 e. The highest BCUT2D eigenvalue weighted by molar-refractivity contribution is 7.91. The number of hydrogen-bond acceptors (Lipinski definition) is 5. The second kappa shape index (κ2) is 5.40. The van der Waals surface area contributed by atoms with Crippen LogP contribution in [0.1, 0.15) is 25.6 Å². The van der Waals surface area contributed by atoms with Crippen LogP contribution >= 0.6 is 11.6 Å². The number of nitrogens with one attached hydrogen (secondary N) is 1. The van der Waals surface area contributed by atoms with Crippen LogP contribution in [0.3, 0.4) is 0 Å². The van der Waals surface area contributed by atoms with E-state index in [0.29, 0.717) is 36.1 Å². The van der Waals surface area contributed by atoms with E-state index >= 15 is 0 Å². The molecule has 1 saturated heterocycles. The Bertz CT molecular complexity index is 519. The van der Waals surface area contributed by atoms with Gasteiger partial charge in [-0.3, -0.25) is 0 Å². The predicted molar refractivity (Wildman–Crippen MR) is 71.7 cm³/mol. The number of anilines is 1. The Morgan fingerprint density at radius 1 is 1.39 bits per heavy atom. The van der Waals surface area contributed by atoms with E-state index in [9.17, 15) is 8.42 Å². The maximum atomic E-state index is 11.3. The lowest BCUT2D eigenvalue weighted by Crippen LogP contribution is -2.32. The number of hydrogen-bond donors (Lipinski definition) is 1. The van der Waals surface area contributed by atoms with Crippen LogP contribution in [0.15, 0.2) is 6.07 Å². The average Bonchev–Trinajstić information content (AvgIpc) is 2.31. The fourth-order valence-corrected chi connectivity index (χ4v) is 3.63.